The number of nitrogens with zero attached hydrogens (tertiary/aromatic N) is 1. The minimum atomic E-state index is 0.635. The molecule has 0 radical (unpaired) electrons. The maximum atomic E-state index is 6.41. The minimum Gasteiger partial charge on any atom is -0.472 e. The summed E-state index contributed by atoms with van der Waals surface area (Å²) >= 11 is 6.41. The smallest absolute Gasteiger partial charge is 0.0952 e. The Morgan fingerprint density at radius 1 is 1.29 bits per heavy atom. The van der Waals surface area contributed by atoms with E-state index >= 15 is 0 Å². The van der Waals surface area contributed by atoms with Crippen LogP contribution in [0.2, 0.25) is 5.02 Å². The molecule has 114 valence electrons. The van der Waals surface area contributed by atoms with E-state index in [0.717, 1.165) is 35.9 Å². The Kier molecular flexibility index (Phi) is 5.71. The Hall–Kier alpha value is -1.45. The average molecular weight is 307 g/mol. The van der Waals surface area contributed by atoms with Crippen LogP contribution in [0.15, 0.2) is 41.2 Å². The number of hydrogen-bond acceptors (Lipinski definition) is 3. The maximum absolute atomic E-state index is 6.41. The van der Waals surface area contributed by atoms with Gasteiger partial charge in [-0.25, -0.2) is 0 Å². The van der Waals surface area contributed by atoms with Crippen molar-refractivity contribution >= 4 is 17.3 Å². The van der Waals surface area contributed by atoms with Gasteiger partial charge in [0.15, 0.2) is 0 Å². The zero-order chi connectivity index (χ0) is 15.2. The number of anilines is 1. The van der Waals surface area contributed by atoms with Gasteiger partial charge in [0, 0.05) is 25.7 Å². The number of rotatable bonds is 7. The van der Waals surface area contributed by atoms with Gasteiger partial charge >= 0.3 is 0 Å². The van der Waals surface area contributed by atoms with Gasteiger partial charge in [0.1, 0.15) is 0 Å². The Labute approximate surface area is 131 Å². The van der Waals surface area contributed by atoms with Crippen molar-refractivity contribution in [2.45, 2.75) is 26.9 Å². The molecule has 3 nitrogen and oxygen atoms in total. The fourth-order valence-corrected chi connectivity index (χ4v) is 2.70. The maximum Gasteiger partial charge on any atom is 0.0952 e. The van der Waals surface area contributed by atoms with Gasteiger partial charge in [0.05, 0.1) is 23.2 Å². The normalized spacial score (nSPS) is 11.1. The van der Waals surface area contributed by atoms with Crippen molar-refractivity contribution in [3.8, 4) is 0 Å². The lowest BCUT2D eigenvalue weighted by atomic mass is 10.1. The summed E-state index contributed by atoms with van der Waals surface area (Å²) in [6.07, 6.45) is 3.46. The summed E-state index contributed by atoms with van der Waals surface area (Å²) in [6.45, 7) is 7.01. The van der Waals surface area contributed by atoms with Crippen LogP contribution in [0.25, 0.3) is 0 Å². The second-order valence-electron chi connectivity index (χ2n) is 5.76. The minimum absolute atomic E-state index is 0.635. The van der Waals surface area contributed by atoms with E-state index in [1.165, 1.54) is 5.56 Å². The molecule has 0 saturated carbocycles. The monoisotopic (exact) mass is 306 g/mol. The first kappa shape index (κ1) is 15.9. The number of nitrogens with one attached hydrogen (secondary N) is 1. The third-order valence-electron chi connectivity index (χ3n) is 3.32. The van der Waals surface area contributed by atoms with Crippen LogP contribution in [-0.2, 0) is 13.1 Å². The molecule has 2 aromatic rings. The summed E-state index contributed by atoms with van der Waals surface area (Å²) in [5.74, 6) is 0.635. The van der Waals surface area contributed by atoms with Crippen LogP contribution < -0.4 is 10.2 Å². The number of para-hydroxylation sites is 1. The van der Waals surface area contributed by atoms with Crippen molar-refractivity contribution in [3.05, 3.63) is 52.9 Å². The molecule has 4 heteroatoms. The van der Waals surface area contributed by atoms with E-state index in [1.807, 2.05) is 18.2 Å². The molecule has 1 aromatic carbocycles. The van der Waals surface area contributed by atoms with Crippen LogP contribution in [0.3, 0.4) is 0 Å². The Morgan fingerprint density at radius 3 is 2.76 bits per heavy atom. The predicted molar refractivity (Wildman–Crippen MR) is 88.8 cm³/mol. The van der Waals surface area contributed by atoms with Crippen molar-refractivity contribution in [1.82, 2.24) is 5.32 Å². The first-order valence-corrected chi connectivity index (χ1v) is 7.66. The molecule has 21 heavy (non-hydrogen) atoms. The molecule has 1 aromatic heterocycles. The van der Waals surface area contributed by atoms with Gasteiger partial charge < -0.3 is 14.6 Å². The second kappa shape index (κ2) is 7.53. The molecule has 2 rings (SSSR count). The number of halogens is 1. The summed E-state index contributed by atoms with van der Waals surface area (Å²) in [7, 11) is 2.06. The lowest BCUT2D eigenvalue weighted by molar-refractivity contribution is 0.552. The van der Waals surface area contributed by atoms with E-state index in [2.05, 4.69) is 37.2 Å². The number of furan rings is 1. The lowest BCUT2D eigenvalue weighted by Crippen LogP contribution is -2.23. The van der Waals surface area contributed by atoms with Gasteiger partial charge in [0.25, 0.3) is 0 Å². The Balaban J connectivity index is 2.12. The number of hydrogen-bond donors (Lipinski definition) is 1. The highest BCUT2D eigenvalue weighted by Gasteiger charge is 2.12. The molecule has 0 spiro atoms. The van der Waals surface area contributed by atoms with Crippen LogP contribution in [0.4, 0.5) is 5.69 Å². The number of benzene rings is 1. The van der Waals surface area contributed by atoms with Crippen LogP contribution >= 0.6 is 11.6 Å². The molecule has 0 bridgehead atoms. The molecule has 0 saturated heterocycles. The van der Waals surface area contributed by atoms with E-state index < -0.39 is 0 Å². The predicted octanol–water partition coefficient (Wildman–Crippen LogP) is 4.32. The van der Waals surface area contributed by atoms with E-state index in [4.69, 9.17) is 16.0 Å². The van der Waals surface area contributed by atoms with Gasteiger partial charge in [-0.05, 0) is 30.2 Å². The fraction of sp³-hybridized carbons (Fsp3) is 0.412. The van der Waals surface area contributed by atoms with Crippen molar-refractivity contribution in [1.29, 1.82) is 0 Å². The highest BCUT2D eigenvalue weighted by Crippen LogP contribution is 2.30. The van der Waals surface area contributed by atoms with Crippen LogP contribution in [0, 0.1) is 5.92 Å². The third-order valence-corrected chi connectivity index (χ3v) is 3.62. The molecule has 0 aliphatic rings. The summed E-state index contributed by atoms with van der Waals surface area (Å²) in [4.78, 5) is 2.17. The zero-order valence-corrected chi connectivity index (χ0v) is 13.7. The Morgan fingerprint density at radius 2 is 2.10 bits per heavy atom. The molecule has 1 N–H and O–H groups in total. The highest BCUT2D eigenvalue weighted by molar-refractivity contribution is 6.33. The second-order valence-corrected chi connectivity index (χ2v) is 6.17. The van der Waals surface area contributed by atoms with Gasteiger partial charge in [-0.1, -0.05) is 37.6 Å². The topological polar surface area (TPSA) is 28.4 Å². The standard InChI is InChI=1S/C17H23ClN2O/c1-13(2)9-19-10-15-5-4-6-16(18)17(15)20(3)11-14-7-8-21-12-14/h4-8,12-13,19H,9-11H2,1-3H3. The van der Waals surface area contributed by atoms with Gasteiger partial charge in [-0.3, -0.25) is 0 Å². The lowest BCUT2D eigenvalue weighted by Gasteiger charge is -2.23. The van der Waals surface area contributed by atoms with Crippen LogP contribution in [0.1, 0.15) is 25.0 Å². The molecule has 0 unspecified atom stereocenters. The molecular weight excluding hydrogens is 284 g/mol. The summed E-state index contributed by atoms with van der Waals surface area (Å²) in [5.41, 5.74) is 3.43. The van der Waals surface area contributed by atoms with Crippen LogP contribution in [0.5, 0.6) is 0 Å². The fourth-order valence-electron chi connectivity index (χ4n) is 2.36. The average Bonchev–Trinajstić information content (AvgIpc) is 2.91. The molecule has 1 heterocycles. The Bertz CT molecular complexity index is 552. The van der Waals surface area contributed by atoms with Crippen molar-refractivity contribution in [2.75, 3.05) is 18.5 Å². The van der Waals surface area contributed by atoms with Gasteiger partial charge in [-0.15, -0.1) is 0 Å². The van der Waals surface area contributed by atoms with Crippen molar-refractivity contribution < 1.29 is 4.42 Å². The van der Waals surface area contributed by atoms with E-state index in [1.54, 1.807) is 12.5 Å². The van der Waals surface area contributed by atoms with Crippen molar-refractivity contribution in [3.63, 3.8) is 0 Å². The first-order valence-electron chi connectivity index (χ1n) is 7.28. The molecule has 0 fully saturated rings. The van der Waals surface area contributed by atoms with E-state index in [0.29, 0.717) is 5.92 Å². The van der Waals surface area contributed by atoms with Crippen LogP contribution in [-0.4, -0.2) is 13.6 Å². The highest BCUT2D eigenvalue weighted by atomic mass is 35.5. The SMILES string of the molecule is CC(C)CNCc1cccc(Cl)c1N(C)Cc1ccoc1. The van der Waals surface area contributed by atoms with Gasteiger partial charge in [-0.2, -0.15) is 0 Å². The van der Waals surface area contributed by atoms with E-state index in [9.17, 15) is 0 Å². The summed E-state index contributed by atoms with van der Waals surface area (Å²) in [6, 6.07) is 8.04. The van der Waals surface area contributed by atoms with Crippen molar-refractivity contribution in [2.24, 2.45) is 5.92 Å². The molecule has 0 aliphatic heterocycles. The zero-order valence-electron chi connectivity index (χ0n) is 12.9. The van der Waals surface area contributed by atoms with Gasteiger partial charge in [0.2, 0.25) is 0 Å². The molecule has 0 aliphatic carbocycles. The van der Waals surface area contributed by atoms with E-state index in [-0.39, 0.29) is 0 Å². The largest absolute Gasteiger partial charge is 0.472 e. The molecule has 0 atom stereocenters. The molecular formula is C17H23ClN2O. The quantitative estimate of drug-likeness (QED) is 0.826. The third kappa shape index (κ3) is 4.51. The first-order chi connectivity index (χ1) is 10.1. The summed E-state index contributed by atoms with van der Waals surface area (Å²) < 4.78 is 5.13. The molecule has 0 amide bonds. The summed E-state index contributed by atoms with van der Waals surface area (Å²) in [5, 5.41) is 4.26.